The largest absolute Gasteiger partial charge is 0.381 e. The molecule has 0 saturated carbocycles. The van der Waals surface area contributed by atoms with Crippen molar-refractivity contribution in [1.82, 2.24) is 5.32 Å². The number of rotatable bonds is 6. The summed E-state index contributed by atoms with van der Waals surface area (Å²) in [6, 6.07) is 2.04. The first kappa shape index (κ1) is 11.9. The number of nitrogens with one attached hydrogen (secondary N) is 1. The summed E-state index contributed by atoms with van der Waals surface area (Å²) in [6.07, 6.45) is 0.367. The molecule has 1 N–H and O–H groups in total. The van der Waals surface area contributed by atoms with Crippen molar-refractivity contribution in [2.24, 2.45) is 5.92 Å². The molecule has 1 amide bonds. The van der Waals surface area contributed by atoms with Crippen LogP contribution in [0.3, 0.4) is 0 Å². The summed E-state index contributed by atoms with van der Waals surface area (Å²) in [7, 11) is 0. The molecule has 0 aliphatic carbocycles. The fraction of sp³-hybridized carbons (Fsp3) is 0.778. The van der Waals surface area contributed by atoms with E-state index in [1.165, 1.54) is 0 Å². The molecule has 0 radical (unpaired) electrons. The SMILES string of the molecule is CCOCCC(=O)NCC(C)C#N. The number of amides is 1. The standard InChI is InChI=1S/C9H16N2O2/c1-3-13-5-4-9(12)11-7-8(2)6-10/h8H,3-5,7H2,1-2H3,(H,11,12). The molecule has 0 bridgehead atoms. The molecule has 0 aromatic heterocycles. The lowest BCUT2D eigenvalue weighted by Gasteiger charge is -2.05. The normalized spacial score (nSPS) is 11.8. The second-order valence-electron chi connectivity index (χ2n) is 2.78. The minimum atomic E-state index is -0.129. The van der Waals surface area contributed by atoms with Crippen molar-refractivity contribution in [2.75, 3.05) is 19.8 Å². The smallest absolute Gasteiger partial charge is 0.222 e. The molecule has 0 rings (SSSR count). The second-order valence-corrected chi connectivity index (χ2v) is 2.78. The third kappa shape index (κ3) is 7.29. The maximum absolute atomic E-state index is 11.0. The second kappa shape index (κ2) is 7.56. The van der Waals surface area contributed by atoms with Gasteiger partial charge in [0.25, 0.3) is 0 Å². The molecule has 0 aromatic carbocycles. The Morgan fingerprint density at radius 3 is 2.92 bits per heavy atom. The van der Waals surface area contributed by atoms with Crippen LogP contribution >= 0.6 is 0 Å². The van der Waals surface area contributed by atoms with E-state index < -0.39 is 0 Å². The zero-order valence-corrected chi connectivity index (χ0v) is 8.17. The molecule has 0 saturated heterocycles. The van der Waals surface area contributed by atoms with Crippen LogP contribution in [0.1, 0.15) is 20.3 Å². The molecule has 0 heterocycles. The predicted molar refractivity (Wildman–Crippen MR) is 48.9 cm³/mol. The molecule has 74 valence electrons. The first-order valence-electron chi connectivity index (χ1n) is 4.44. The van der Waals surface area contributed by atoms with Crippen molar-refractivity contribution in [2.45, 2.75) is 20.3 Å². The van der Waals surface area contributed by atoms with E-state index in [1.807, 2.05) is 13.0 Å². The van der Waals surface area contributed by atoms with Gasteiger partial charge in [0.1, 0.15) is 0 Å². The summed E-state index contributed by atoms with van der Waals surface area (Å²) in [5, 5.41) is 11.1. The number of carbonyl (C=O) groups excluding carboxylic acids is 1. The van der Waals surface area contributed by atoms with Gasteiger partial charge in [-0.2, -0.15) is 5.26 Å². The lowest BCUT2D eigenvalue weighted by atomic mass is 10.2. The third-order valence-corrected chi connectivity index (χ3v) is 1.50. The molecule has 1 atom stereocenters. The Kier molecular flexibility index (Phi) is 6.93. The average Bonchev–Trinajstić information content (AvgIpc) is 2.14. The zero-order chi connectivity index (χ0) is 10.1. The Morgan fingerprint density at radius 2 is 2.38 bits per heavy atom. The van der Waals surface area contributed by atoms with Crippen LogP contribution in [-0.2, 0) is 9.53 Å². The topological polar surface area (TPSA) is 62.1 Å². The lowest BCUT2D eigenvalue weighted by Crippen LogP contribution is -2.28. The molecule has 13 heavy (non-hydrogen) atoms. The summed E-state index contributed by atoms with van der Waals surface area (Å²) >= 11 is 0. The molecule has 0 aliphatic rings. The van der Waals surface area contributed by atoms with Gasteiger partial charge in [0.05, 0.1) is 18.6 Å². The van der Waals surface area contributed by atoms with Crippen molar-refractivity contribution in [1.29, 1.82) is 5.26 Å². The zero-order valence-electron chi connectivity index (χ0n) is 8.17. The molecular weight excluding hydrogens is 168 g/mol. The van der Waals surface area contributed by atoms with Gasteiger partial charge in [-0.05, 0) is 13.8 Å². The Morgan fingerprint density at radius 1 is 1.69 bits per heavy atom. The van der Waals surface area contributed by atoms with E-state index in [2.05, 4.69) is 5.32 Å². The first-order chi connectivity index (χ1) is 6.20. The van der Waals surface area contributed by atoms with Crippen LogP contribution in [0.5, 0.6) is 0 Å². The van der Waals surface area contributed by atoms with Crippen LogP contribution in [0, 0.1) is 17.2 Å². The van der Waals surface area contributed by atoms with E-state index >= 15 is 0 Å². The molecule has 0 fully saturated rings. The molecule has 1 unspecified atom stereocenters. The fourth-order valence-corrected chi connectivity index (χ4v) is 0.710. The Labute approximate surface area is 78.9 Å². The Bertz CT molecular complexity index is 187. The predicted octanol–water partition coefficient (Wildman–Crippen LogP) is 0.689. The van der Waals surface area contributed by atoms with Crippen molar-refractivity contribution in [3.05, 3.63) is 0 Å². The Balaban J connectivity index is 3.36. The van der Waals surface area contributed by atoms with Crippen molar-refractivity contribution >= 4 is 5.91 Å². The molecule has 4 nitrogen and oxygen atoms in total. The maximum Gasteiger partial charge on any atom is 0.222 e. The van der Waals surface area contributed by atoms with E-state index in [1.54, 1.807) is 6.92 Å². The van der Waals surface area contributed by atoms with E-state index in [-0.39, 0.29) is 11.8 Å². The van der Waals surface area contributed by atoms with E-state index in [0.29, 0.717) is 26.2 Å². The van der Waals surface area contributed by atoms with Gasteiger partial charge in [0.2, 0.25) is 5.91 Å². The number of hydrogen-bond donors (Lipinski definition) is 1. The van der Waals surface area contributed by atoms with Crippen LogP contribution < -0.4 is 5.32 Å². The minimum absolute atomic E-state index is 0.0597. The summed E-state index contributed by atoms with van der Waals surface area (Å²) in [5.41, 5.74) is 0. The van der Waals surface area contributed by atoms with Gasteiger partial charge in [0, 0.05) is 19.6 Å². The highest BCUT2D eigenvalue weighted by Gasteiger charge is 2.03. The fourth-order valence-electron chi connectivity index (χ4n) is 0.710. The number of nitrogens with zero attached hydrogens (tertiary/aromatic N) is 1. The van der Waals surface area contributed by atoms with Gasteiger partial charge >= 0.3 is 0 Å². The van der Waals surface area contributed by atoms with Gasteiger partial charge in [0.15, 0.2) is 0 Å². The summed E-state index contributed by atoms with van der Waals surface area (Å²) in [4.78, 5) is 11.0. The van der Waals surface area contributed by atoms with Crippen LogP contribution in [0.25, 0.3) is 0 Å². The highest BCUT2D eigenvalue weighted by Crippen LogP contribution is 1.89. The third-order valence-electron chi connectivity index (χ3n) is 1.50. The van der Waals surface area contributed by atoms with Crippen molar-refractivity contribution in [3.63, 3.8) is 0 Å². The van der Waals surface area contributed by atoms with Gasteiger partial charge in [-0.3, -0.25) is 4.79 Å². The number of ether oxygens (including phenoxy) is 1. The number of nitriles is 1. The van der Waals surface area contributed by atoms with Crippen LogP contribution in [-0.4, -0.2) is 25.7 Å². The molecule has 0 aromatic rings. The van der Waals surface area contributed by atoms with Crippen LogP contribution in [0.4, 0.5) is 0 Å². The Hall–Kier alpha value is -1.08. The highest BCUT2D eigenvalue weighted by molar-refractivity contribution is 5.75. The van der Waals surface area contributed by atoms with Gasteiger partial charge in [-0.25, -0.2) is 0 Å². The summed E-state index contributed by atoms with van der Waals surface area (Å²) in [6.45, 7) is 5.14. The quantitative estimate of drug-likeness (QED) is 0.618. The average molecular weight is 184 g/mol. The van der Waals surface area contributed by atoms with Gasteiger partial charge in [-0.15, -0.1) is 0 Å². The monoisotopic (exact) mass is 184 g/mol. The summed E-state index contributed by atoms with van der Waals surface area (Å²) in [5.74, 6) is -0.188. The molecule has 4 heteroatoms. The van der Waals surface area contributed by atoms with Gasteiger partial charge < -0.3 is 10.1 Å². The molecular formula is C9H16N2O2. The van der Waals surface area contributed by atoms with Crippen molar-refractivity contribution < 1.29 is 9.53 Å². The summed E-state index contributed by atoms with van der Waals surface area (Å²) < 4.78 is 5.01. The van der Waals surface area contributed by atoms with E-state index in [9.17, 15) is 4.79 Å². The minimum Gasteiger partial charge on any atom is -0.381 e. The number of carbonyl (C=O) groups is 1. The highest BCUT2D eigenvalue weighted by atomic mass is 16.5. The molecule has 0 spiro atoms. The van der Waals surface area contributed by atoms with Crippen LogP contribution in [0.15, 0.2) is 0 Å². The first-order valence-corrected chi connectivity index (χ1v) is 4.44. The number of hydrogen-bond acceptors (Lipinski definition) is 3. The van der Waals surface area contributed by atoms with Gasteiger partial charge in [-0.1, -0.05) is 0 Å². The van der Waals surface area contributed by atoms with E-state index in [4.69, 9.17) is 10.00 Å². The van der Waals surface area contributed by atoms with Crippen molar-refractivity contribution in [3.8, 4) is 6.07 Å². The molecule has 0 aliphatic heterocycles. The lowest BCUT2D eigenvalue weighted by molar-refractivity contribution is -0.122. The van der Waals surface area contributed by atoms with Crippen LogP contribution in [0.2, 0.25) is 0 Å². The van der Waals surface area contributed by atoms with E-state index in [0.717, 1.165) is 0 Å². The maximum atomic E-state index is 11.0.